The molecule has 0 spiro atoms. The fourth-order valence-electron chi connectivity index (χ4n) is 6.82. The number of hydrogen-bond donors (Lipinski definition) is 4. The molecule has 2 aromatic heterocycles. The molecule has 1 amide bonds. The van der Waals surface area contributed by atoms with Gasteiger partial charge >= 0.3 is 0 Å². The fraction of sp³-hybridized carbons (Fsp3) is 0.0392. The SMILES string of the molecule is CN(c1cccc(N)c1)c1ccc2c(/C=C/c3ccccc3)n[nH]c2c1.CN(c1cccc(NC(=O)c2ccccc2)c1)c1ccc2c(/C=C/c3ccccc3)n[nH]c2c1. The summed E-state index contributed by atoms with van der Waals surface area (Å²) in [5.74, 6) is -0.129. The van der Waals surface area contributed by atoms with Crippen LogP contribution in [0.2, 0.25) is 0 Å². The summed E-state index contributed by atoms with van der Waals surface area (Å²) < 4.78 is 0. The Kier molecular flexibility index (Phi) is 11.6. The minimum Gasteiger partial charge on any atom is -0.399 e. The Labute approximate surface area is 349 Å². The van der Waals surface area contributed by atoms with E-state index in [4.69, 9.17) is 5.73 Å². The first-order valence-electron chi connectivity index (χ1n) is 19.6. The van der Waals surface area contributed by atoms with Crippen molar-refractivity contribution in [1.82, 2.24) is 20.4 Å². The van der Waals surface area contributed by atoms with Gasteiger partial charge in [0.15, 0.2) is 0 Å². The Morgan fingerprint density at radius 3 is 1.50 bits per heavy atom. The number of nitrogens with one attached hydrogen (secondary N) is 3. The van der Waals surface area contributed by atoms with E-state index in [1.165, 1.54) is 0 Å². The molecule has 0 fully saturated rings. The monoisotopic (exact) mass is 784 g/mol. The summed E-state index contributed by atoms with van der Waals surface area (Å²) in [4.78, 5) is 16.7. The topological polar surface area (TPSA) is 119 Å². The van der Waals surface area contributed by atoms with E-state index < -0.39 is 0 Å². The molecular formula is C51H44N8O. The van der Waals surface area contributed by atoms with Crippen molar-refractivity contribution in [3.05, 3.63) is 204 Å². The molecule has 0 saturated carbocycles. The number of carbonyl (C=O) groups excluding carboxylic acids is 1. The molecule has 2 heterocycles. The first kappa shape index (κ1) is 38.7. The average molecular weight is 785 g/mol. The highest BCUT2D eigenvalue weighted by atomic mass is 16.1. The number of benzene rings is 7. The van der Waals surface area contributed by atoms with Crippen molar-refractivity contribution >= 4 is 86.1 Å². The number of carbonyl (C=O) groups is 1. The highest BCUT2D eigenvalue weighted by Crippen LogP contribution is 2.31. The predicted molar refractivity (Wildman–Crippen MR) is 251 cm³/mol. The van der Waals surface area contributed by atoms with E-state index >= 15 is 0 Å². The molecule has 9 rings (SSSR count). The van der Waals surface area contributed by atoms with Crippen molar-refractivity contribution < 1.29 is 4.79 Å². The highest BCUT2D eigenvalue weighted by molar-refractivity contribution is 6.04. The van der Waals surface area contributed by atoms with E-state index in [-0.39, 0.29) is 5.91 Å². The van der Waals surface area contributed by atoms with Gasteiger partial charge in [-0.15, -0.1) is 0 Å². The fourth-order valence-corrected chi connectivity index (χ4v) is 6.82. The van der Waals surface area contributed by atoms with Crippen molar-refractivity contribution in [1.29, 1.82) is 0 Å². The molecule has 5 N–H and O–H groups in total. The van der Waals surface area contributed by atoms with E-state index in [9.17, 15) is 4.79 Å². The zero-order valence-corrected chi connectivity index (χ0v) is 33.3. The van der Waals surface area contributed by atoms with Crippen molar-refractivity contribution in [3.8, 4) is 0 Å². The summed E-state index contributed by atoms with van der Waals surface area (Å²) >= 11 is 0. The minimum atomic E-state index is -0.129. The highest BCUT2D eigenvalue weighted by Gasteiger charge is 2.12. The Hall–Kier alpha value is -8.17. The van der Waals surface area contributed by atoms with Gasteiger partial charge in [0.2, 0.25) is 0 Å². The van der Waals surface area contributed by atoms with Gasteiger partial charge in [0.05, 0.1) is 22.4 Å². The molecule has 0 bridgehead atoms. The molecule has 7 aromatic carbocycles. The molecular weight excluding hydrogens is 741 g/mol. The van der Waals surface area contributed by atoms with Gasteiger partial charge in [0.25, 0.3) is 5.91 Å². The number of aromatic nitrogens is 4. The van der Waals surface area contributed by atoms with E-state index in [0.717, 1.165) is 78.4 Å². The lowest BCUT2D eigenvalue weighted by Crippen LogP contribution is -2.13. The van der Waals surface area contributed by atoms with Crippen molar-refractivity contribution in [2.45, 2.75) is 0 Å². The standard InChI is InChI=1S/C29H24N4O.C22H20N4/c1-33(24-14-8-13-23(19-24)30-29(34)22-11-6-3-7-12-22)25-16-17-26-27(31-32-28(26)20-25)18-15-21-9-4-2-5-10-21;1-26(18-9-5-8-17(23)14-18)19-11-12-20-21(24-25-22(20)15-19)13-10-16-6-3-2-4-7-16/h2-20H,1H3,(H,30,34)(H,31,32);2-15H,23H2,1H3,(H,24,25)/b18-15+;13-10+. The molecule has 9 aromatic rings. The first-order valence-corrected chi connectivity index (χ1v) is 19.6. The number of hydrogen-bond acceptors (Lipinski definition) is 6. The lowest BCUT2D eigenvalue weighted by atomic mass is 10.1. The Bertz CT molecular complexity index is 2920. The van der Waals surface area contributed by atoms with Gasteiger partial charge < -0.3 is 20.9 Å². The number of nitrogens with zero attached hydrogens (tertiary/aromatic N) is 4. The second kappa shape index (κ2) is 18.0. The van der Waals surface area contributed by atoms with Crippen LogP contribution in [0.1, 0.15) is 32.9 Å². The predicted octanol–water partition coefficient (Wildman–Crippen LogP) is 11.8. The van der Waals surface area contributed by atoms with Crippen molar-refractivity contribution in [2.24, 2.45) is 0 Å². The summed E-state index contributed by atoms with van der Waals surface area (Å²) in [6.45, 7) is 0. The first-order chi connectivity index (χ1) is 29.4. The van der Waals surface area contributed by atoms with Gasteiger partial charge in [0, 0.05) is 64.6 Å². The lowest BCUT2D eigenvalue weighted by Gasteiger charge is -2.20. The summed E-state index contributed by atoms with van der Waals surface area (Å²) in [6, 6.07) is 57.8. The number of nitrogen functional groups attached to an aromatic ring is 1. The Balaban J connectivity index is 0.000000172. The van der Waals surface area contributed by atoms with Crippen LogP contribution in [0.15, 0.2) is 176 Å². The van der Waals surface area contributed by atoms with Gasteiger partial charge in [-0.2, -0.15) is 10.2 Å². The molecule has 9 heteroatoms. The summed E-state index contributed by atoms with van der Waals surface area (Å²) in [6.07, 6.45) is 8.19. The van der Waals surface area contributed by atoms with E-state index in [1.54, 1.807) is 12.1 Å². The summed E-state index contributed by atoms with van der Waals surface area (Å²) in [5.41, 5.74) is 18.2. The maximum absolute atomic E-state index is 12.5. The smallest absolute Gasteiger partial charge is 0.255 e. The molecule has 0 unspecified atom stereocenters. The van der Waals surface area contributed by atoms with E-state index in [2.05, 4.69) is 108 Å². The third kappa shape index (κ3) is 9.17. The van der Waals surface area contributed by atoms with Gasteiger partial charge in [0.1, 0.15) is 0 Å². The summed E-state index contributed by atoms with van der Waals surface area (Å²) in [5, 5.41) is 20.3. The van der Waals surface area contributed by atoms with Crippen LogP contribution in [-0.4, -0.2) is 40.4 Å². The molecule has 294 valence electrons. The number of amides is 1. The number of nitrogens with two attached hydrogens (primary N) is 1. The van der Waals surface area contributed by atoms with Gasteiger partial charge in [-0.1, -0.05) is 103 Å². The van der Waals surface area contributed by atoms with Crippen LogP contribution in [0.25, 0.3) is 46.1 Å². The van der Waals surface area contributed by atoms with Crippen LogP contribution in [0.4, 0.5) is 34.1 Å². The second-order valence-electron chi connectivity index (χ2n) is 14.2. The zero-order chi connectivity index (χ0) is 41.3. The molecule has 0 aliphatic rings. The molecule has 0 aliphatic heterocycles. The van der Waals surface area contributed by atoms with Gasteiger partial charge in [-0.05, 0) is 108 Å². The van der Waals surface area contributed by atoms with Crippen LogP contribution < -0.4 is 20.9 Å². The maximum Gasteiger partial charge on any atom is 0.255 e. The van der Waals surface area contributed by atoms with E-state index in [0.29, 0.717) is 5.56 Å². The third-order valence-corrected chi connectivity index (χ3v) is 10.2. The third-order valence-electron chi connectivity index (χ3n) is 10.2. The average Bonchev–Trinajstić information content (AvgIpc) is 3.91. The number of H-pyrrole nitrogens is 2. The number of aromatic amines is 2. The number of fused-ring (bicyclic) bond motifs is 2. The minimum absolute atomic E-state index is 0.129. The van der Waals surface area contributed by atoms with E-state index in [1.807, 2.05) is 129 Å². The largest absolute Gasteiger partial charge is 0.399 e. The zero-order valence-electron chi connectivity index (χ0n) is 33.3. The summed E-state index contributed by atoms with van der Waals surface area (Å²) in [7, 11) is 4.04. The number of anilines is 6. The van der Waals surface area contributed by atoms with Gasteiger partial charge in [-0.3, -0.25) is 15.0 Å². The molecule has 0 radical (unpaired) electrons. The molecule has 0 saturated heterocycles. The molecule has 9 nitrogen and oxygen atoms in total. The van der Waals surface area contributed by atoms with Crippen LogP contribution in [-0.2, 0) is 0 Å². The maximum atomic E-state index is 12.5. The Morgan fingerprint density at radius 2 is 0.983 bits per heavy atom. The quantitative estimate of drug-likeness (QED) is 0.103. The van der Waals surface area contributed by atoms with Crippen molar-refractivity contribution in [3.63, 3.8) is 0 Å². The van der Waals surface area contributed by atoms with Crippen LogP contribution >= 0.6 is 0 Å². The molecule has 0 aliphatic carbocycles. The van der Waals surface area contributed by atoms with Gasteiger partial charge in [-0.25, -0.2) is 0 Å². The molecule has 0 atom stereocenters. The van der Waals surface area contributed by atoms with Crippen LogP contribution in [0.3, 0.4) is 0 Å². The lowest BCUT2D eigenvalue weighted by molar-refractivity contribution is 0.102. The molecule has 60 heavy (non-hydrogen) atoms. The second-order valence-corrected chi connectivity index (χ2v) is 14.2. The Morgan fingerprint density at radius 1 is 0.517 bits per heavy atom. The van der Waals surface area contributed by atoms with Crippen molar-refractivity contribution in [2.75, 3.05) is 34.9 Å². The van der Waals surface area contributed by atoms with Crippen LogP contribution in [0, 0.1) is 0 Å². The number of rotatable bonds is 10. The normalized spacial score (nSPS) is 11.2. The van der Waals surface area contributed by atoms with Crippen LogP contribution in [0.5, 0.6) is 0 Å².